The monoisotopic (exact) mass is 218 g/mol. The Morgan fingerprint density at radius 3 is 2.69 bits per heavy atom. The lowest BCUT2D eigenvalue weighted by molar-refractivity contribution is 0.0977. The molecule has 0 fully saturated rings. The van der Waals surface area contributed by atoms with Crippen molar-refractivity contribution in [1.29, 1.82) is 5.26 Å². The summed E-state index contributed by atoms with van der Waals surface area (Å²) in [6.07, 6.45) is 0. The van der Waals surface area contributed by atoms with E-state index in [-0.39, 0.29) is 0 Å². The van der Waals surface area contributed by atoms with E-state index >= 15 is 0 Å². The Kier molecular flexibility index (Phi) is 6.24. The van der Waals surface area contributed by atoms with Crippen LogP contribution in [-0.2, 0) is 11.3 Å². The SMILES string of the molecule is CCN(CC#N)CCOCc1ccccc1. The van der Waals surface area contributed by atoms with Crippen molar-refractivity contribution >= 4 is 0 Å². The summed E-state index contributed by atoms with van der Waals surface area (Å²) in [6, 6.07) is 12.3. The maximum atomic E-state index is 8.57. The van der Waals surface area contributed by atoms with E-state index in [1.165, 1.54) is 5.56 Å². The van der Waals surface area contributed by atoms with E-state index < -0.39 is 0 Å². The van der Waals surface area contributed by atoms with Gasteiger partial charge in [0.05, 0.1) is 25.8 Å². The van der Waals surface area contributed by atoms with Gasteiger partial charge in [-0.25, -0.2) is 0 Å². The van der Waals surface area contributed by atoms with Gasteiger partial charge >= 0.3 is 0 Å². The molecular weight excluding hydrogens is 200 g/mol. The van der Waals surface area contributed by atoms with Crippen LogP contribution in [0.4, 0.5) is 0 Å². The van der Waals surface area contributed by atoms with Crippen molar-refractivity contribution in [3.05, 3.63) is 35.9 Å². The van der Waals surface area contributed by atoms with Gasteiger partial charge in [-0.15, -0.1) is 0 Å². The second-order valence-electron chi connectivity index (χ2n) is 3.57. The van der Waals surface area contributed by atoms with Gasteiger partial charge in [0.25, 0.3) is 0 Å². The fraction of sp³-hybridized carbons (Fsp3) is 0.462. The molecule has 0 aliphatic carbocycles. The van der Waals surface area contributed by atoms with Crippen molar-refractivity contribution in [3.8, 4) is 6.07 Å². The van der Waals surface area contributed by atoms with Crippen LogP contribution in [0.2, 0.25) is 0 Å². The molecule has 0 aliphatic heterocycles. The molecule has 1 aromatic carbocycles. The average Bonchev–Trinajstić information content (AvgIpc) is 2.34. The number of hydrogen-bond donors (Lipinski definition) is 0. The number of likely N-dealkylation sites (N-methyl/N-ethyl adjacent to an activating group) is 1. The Morgan fingerprint density at radius 1 is 1.31 bits per heavy atom. The van der Waals surface area contributed by atoms with Gasteiger partial charge in [0.15, 0.2) is 0 Å². The van der Waals surface area contributed by atoms with Crippen molar-refractivity contribution in [2.24, 2.45) is 0 Å². The molecule has 0 spiro atoms. The highest BCUT2D eigenvalue weighted by Gasteiger charge is 2.00. The quantitative estimate of drug-likeness (QED) is 0.519. The molecule has 0 saturated heterocycles. The average molecular weight is 218 g/mol. The van der Waals surface area contributed by atoms with Gasteiger partial charge in [-0.1, -0.05) is 37.3 Å². The topological polar surface area (TPSA) is 36.3 Å². The maximum absolute atomic E-state index is 8.57. The lowest BCUT2D eigenvalue weighted by atomic mass is 10.2. The number of hydrogen-bond acceptors (Lipinski definition) is 3. The number of rotatable bonds is 7. The third-order valence-corrected chi connectivity index (χ3v) is 2.40. The Balaban J connectivity index is 2.14. The van der Waals surface area contributed by atoms with E-state index in [1.807, 2.05) is 30.3 Å². The number of nitriles is 1. The molecule has 0 bridgehead atoms. The molecule has 1 rings (SSSR count). The lowest BCUT2D eigenvalue weighted by Gasteiger charge is -2.16. The first-order chi connectivity index (χ1) is 7.86. The van der Waals surface area contributed by atoms with Crippen LogP contribution >= 0.6 is 0 Å². The van der Waals surface area contributed by atoms with Crippen LogP contribution in [0.15, 0.2) is 30.3 Å². The second-order valence-corrected chi connectivity index (χ2v) is 3.57. The summed E-state index contributed by atoms with van der Waals surface area (Å²) in [4.78, 5) is 2.06. The molecule has 0 unspecified atom stereocenters. The van der Waals surface area contributed by atoms with Crippen LogP contribution in [0.5, 0.6) is 0 Å². The third kappa shape index (κ3) is 4.92. The number of nitrogens with zero attached hydrogens (tertiary/aromatic N) is 2. The molecule has 0 heterocycles. The summed E-state index contributed by atoms with van der Waals surface area (Å²) in [7, 11) is 0. The highest BCUT2D eigenvalue weighted by molar-refractivity contribution is 5.13. The van der Waals surface area contributed by atoms with Crippen LogP contribution in [-0.4, -0.2) is 31.1 Å². The molecule has 1 aromatic rings. The molecule has 0 aliphatic rings. The first-order valence-corrected chi connectivity index (χ1v) is 5.57. The summed E-state index contributed by atoms with van der Waals surface area (Å²) >= 11 is 0. The summed E-state index contributed by atoms with van der Waals surface area (Å²) in [5.41, 5.74) is 1.19. The molecule has 0 atom stereocenters. The van der Waals surface area contributed by atoms with Crippen LogP contribution < -0.4 is 0 Å². The standard InChI is InChI=1S/C13H18N2O/c1-2-15(9-8-14)10-11-16-12-13-6-4-3-5-7-13/h3-7H,2,9-12H2,1H3. The Labute approximate surface area is 97.3 Å². The zero-order valence-electron chi connectivity index (χ0n) is 9.72. The first-order valence-electron chi connectivity index (χ1n) is 5.57. The minimum atomic E-state index is 0.477. The van der Waals surface area contributed by atoms with Gasteiger partial charge < -0.3 is 4.74 Å². The first kappa shape index (κ1) is 12.7. The van der Waals surface area contributed by atoms with E-state index in [1.54, 1.807) is 0 Å². The molecule has 0 saturated carbocycles. The van der Waals surface area contributed by atoms with Gasteiger partial charge in [0.1, 0.15) is 0 Å². The minimum absolute atomic E-state index is 0.477. The zero-order chi connectivity index (χ0) is 11.6. The van der Waals surface area contributed by atoms with Gasteiger partial charge in [0, 0.05) is 6.54 Å². The normalized spacial score (nSPS) is 10.3. The van der Waals surface area contributed by atoms with Gasteiger partial charge in [0.2, 0.25) is 0 Å². The fourth-order valence-electron chi connectivity index (χ4n) is 1.41. The van der Waals surface area contributed by atoms with E-state index in [0.29, 0.717) is 19.8 Å². The predicted octanol–water partition coefficient (Wildman–Crippen LogP) is 2.05. The number of benzene rings is 1. The van der Waals surface area contributed by atoms with Crippen molar-refractivity contribution in [1.82, 2.24) is 4.90 Å². The smallest absolute Gasteiger partial charge is 0.0866 e. The summed E-state index contributed by atoms with van der Waals surface area (Å²) in [5, 5.41) is 8.57. The Hall–Kier alpha value is -1.37. The molecule has 16 heavy (non-hydrogen) atoms. The molecular formula is C13H18N2O. The fourth-order valence-corrected chi connectivity index (χ4v) is 1.41. The lowest BCUT2D eigenvalue weighted by Crippen LogP contribution is -2.27. The van der Waals surface area contributed by atoms with E-state index in [2.05, 4.69) is 17.9 Å². The van der Waals surface area contributed by atoms with Gasteiger partial charge in [-0.05, 0) is 12.1 Å². The van der Waals surface area contributed by atoms with Crippen molar-refractivity contribution in [2.75, 3.05) is 26.2 Å². The predicted molar refractivity (Wildman–Crippen MR) is 63.8 cm³/mol. The van der Waals surface area contributed by atoms with Gasteiger partial charge in [-0.2, -0.15) is 5.26 Å². The maximum Gasteiger partial charge on any atom is 0.0866 e. The highest BCUT2D eigenvalue weighted by atomic mass is 16.5. The van der Waals surface area contributed by atoms with Crippen molar-refractivity contribution in [2.45, 2.75) is 13.5 Å². The molecule has 3 nitrogen and oxygen atoms in total. The van der Waals surface area contributed by atoms with Crippen LogP contribution in [0, 0.1) is 11.3 Å². The highest BCUT2D eigenvalue weighted by Crippen LogP contribution is 2.00. The van der Waals surface area contributed by atoms with E-state index in [0.717, 1.165) is 13.1 Å². The zero-order valence-corrected chi connectivity index (χ0v) is 9.72. The van der Waals surface area contributed by atoms with Crippen molar-refractivity contribution < 1.29 is 4.74 Å². The molecule has 0 aromatic heterocycles. The van der Waals surface area contributed by atoms with Crippen molar-refractivity contribution in [3.63, 3.8) is 0 Å². The summed E-state index contributed by atoms with van der Waals surface area (Å²) < 4.78 is 5.55. The molecule has 0 radical (unpaired) electrons. The molecule has 3 heteroatoms. The molecule has 86 valence electrons. The minimum Gasteiger partial charge on any atom is -0.375 e. The largest absolute Gasteiger partial charge is 0.375 e. The van der Waals surface area contributed by atoms with E-state index in [9.17, 15) is 0 Å². The van der Waals surface area contributed by atoms with Crippen LogP contribution in [0.1, 0.15) is 12.5 Å². The molecule has 0 N–H and O–H groups in total. The van der Waals surface area contributed by atoms with Gasteiger partial charge in [-0.3, -0.25) is 4.90 Å². The van der Waals surface area contributed by atoms with Crippen LogP contribution in [0.3, 0.4) is 0 Å². The summed E-state index contributed by atoms with van der Waals surface area (Å²) in [6.45, 7) is 5.55. The summed E-state index contributed by atoms with van der Waals surface area (Å²) in [5.74, 6) is 0. The van der Waals surface area contributed by atoms with Crippen LogP contribution in [0.25, 0.3) is 0 Å². The second kappa shape index (κ2) is 7.86. The van der Waals surface area contributed by atoms with E-state index in [4.69, 9.17) is 10.00 Å². The third-order valence-electron chi connectivity index (χ3n) is 2.40. The Morgan fingerprint density at radius 2 is 2.06 bits per heavy atom. The Bertz CT molecular complexity index is 318. The molecule has 0 amide bonds. The number of ether oxygens (including phenoxy) is 1.